The molecule has 2 heterocycles. The summed E-state index contributed by atoms with van der Waals surface area (Å²) in [7, 11) is 0. The van der Waals surface area contributed by atoms with Crippen molar-refractivity contribution in [3.63, 3.8) is 0 Å². The maximum Gasteiger partial charge on any atom is 0.227 e. The molecule has 4 aromatic rings. The molecule has 4 rings (SSSR count). The summed E-state index contributed by atoms with van der Waals surface area (Å²) in [6.07, 6.45) is 3.31. The summed E-state index contributed by atoms with van der Waals surface area (Å²) in [6.45, 7) is 4.75. The van der Waals surface area contributed by atoms with Gasteiger partial charge in [-0.15, -0.1) is 0 Å². The topological polar surface area (TPSA) is 85.8 Å². The molecule has 0 fully saturated rings. The molecular formula is C24H25N5O2. The maximum absolute atomic E-state index is 12.4. The predicted molar refractivity (Wildman–Crippen MR) is 119 cm³/mol. The minimum absolute atomic E-state index is 0.127. The van der Waals surface area contributed by atoms with Gasteiger partial charge in [-0.1, -0.05) is 66.2 Å². The molecule has 31 heavy (non-hydrogen) atoms. The van der Waals surface area contributed by atoms with E-state index < -0.39 is 0 Å². The highest BCUT2D eigenvalue weighted by molar-refractivity contribution is 5.89. The number of hydrogen-bond acceptors (Lipinski definition) is 5. The molecule has 0 saturated heterocycles. The smallest absolute Gasteiger partial charge is 0.227 e. The second-order valence-electron chi connectivity index (χ2n) is 7.47. The molecule has 0 unspecified atom stereocenters. The number of nitrogens with one attached hydrogen (secondary N) is 1. The molecule has 0 aliphatic carbocycles. The molecule has 158 valence electrons. The Hall–Kier alpha value is -3.74. The van der Waals surface area contributed by atoms with Crippen molar-refractivity contribution in [2.75, 3.05) is 5.32 Å². The number of hydrogen-bond donors (Lipinski definition) is 1. The molecule has 0 saturated carbocycles. The third kappa shape index (κ3) is 5.25. The van der Waals surface area contributed by atoms with Gasteiger partial charge < -0.3 is 9.84 Å². The van der Waals surface area contributed by atoms with Crippen LogP contribution in [0.4, 0.5) is 5.82 Å². The Morgan fingerprint density at radius 2 is 1.77 bits per heavy atom. The highest BCUT2D eigenvalue weighted by Crippen LogP contribution is 2.17. The fraction of sp³-hybridized carbons (Fsp3) is 0.250. The summed E-state index contributed by atoms with van der Waals surface area (Å²) in [5.41, 5.74) is 4.48. The summed E-state index contributed by atoms with van der Waals surface area (Å²) >= 11 is 0. The number of rotatable bonds is 8. The van der Waals surface area contributed by atoms with Crippen molar-refractivity contribution in [1.82, 2.24) is 19.9 Å². The van der Waals surface area contributed by atoms with Gasteiger partial charge in [-0.2, -0.15) is 10.1 Å². The van der Waals surface area contributed by atoms with Gasteiger partial charge >= 0.3 is 0 Å². The second kappa shape index (κ2) is 9.38. The van der Waals surface area contributed by atoms with E-state index in [1.807, 2.05) is 31.2 Å². The number of anilines is 1. The first-order valence-electron chi connectivity index (χ1n) is 10.4. The Kier molecular flexibility index (Phi) is 6.21. The van der Waals surface area contributed by atoms with Gasteiger partial charge in [-0.3, -0.25) is 4.79 Å². The van der Waals surface area contributed by atoms with E-state index in [0.29, 0.717) is 30.5 Å². The minimum atomic E-state index is -0.127. The van der Waals surface area contributed by atoms with Crippen LogP contribution in [-0.2, 0) is 24.2 Å². The van der Waals surface area contributed by atoms with Gasteiger partial charge in [0.2, 0.25) is 17.6 Å². The van der Waals surface area contributed by atoms with E-state index in [2.05, 4.69) is 51.7 Å². The lowest BCUT2D eigenvalue weighted by Gasteiger charge is -2.09. The van der Waals surface area contributed by atoms with Gasteiger partial charge in [0, 0.05) is 24.5 Å². The minimum Gasteiger partial charge on any atom is -0.339 e. The van der Waals surface area contributed by atoms with Crippen molar-refractivity contribution in [2.24, 2.45) is 0 Å². The normalized spacial score (nSPS) is 10.9. The van der Waals surface area contributed by atoms with E-state index in [1.54, 1.807) is 16.9 Å². The fourth-order valence-electron chi connectivity index (χ4n) is 3.22. The van der Waals surface area contributed by atoms with Crippen LogP contribution in [-0.4, -0.2) is 25.8 Å². The molecule has 7 heteroatoms. The zero-order chi connectivity index (χ0) is 21.6. The van der Waals surface area contributed by atoms with E-state index in [4.69, 9.17) is 4.52 Å². The highest BCUT2D eigenvalue weighted by atomic mass is 16.5. The Morgan fingerprint density at radius 3 is 2.52 bits per heavy atom. The van der Waals surface area contributed by atoms with Crippen molar-refractivity contribution in [2.45, 2.75) is 39.7 Å². The molecule has 0 aliphatic heterocycles. The summed E-state index contributed by atoms with van der Waals surface area (Å²) in [4.78, 5) is 16.8. The number of carbonyl (C=O) groups is 1. The zero-order valence-corrected chi connectivity index (χ0v) is 17.7. The zero-order valence-electron chi connectivity index (χ0n) is 17.7. The summed E-state index contributed by atoms with van der Waals surface area (Å²) < 4.78 is 7.08. The summed E-state index contributed by atoms with van der Waals surface area (Å²) in [6, 6.07) is 18.1. The van der Waals surface area contributed by atoms with Gasteiger partial charge in [-0.05, 0) is 24.5 Å². The van der Waals surface area contributed by atoms with E-state index in [9.17, 15) is 4.79 Å². The molecule has 2 aromatic carbocycles. The Balaban J connectivity index is 1.32. The largest absolute Gasteiger partial charge is 0.339 e. The number of nitrogens with zero attached hydrogens (tertiary/aromatic N) is 4. The van der Waals surface area contributed by atoms with Crippen LogP contribution in [0.25, 0.3) is 11.4 Å². The lowest BCUT2D eigenvalue weighted by Crippen LogP contribution is -2.16. The first-order valence-corrected chi connectivity index (χ1v) is 10.4. The van der Waals surface area contributed by atoms with Crippen LogP contribution in [0.5, 0.6) is 0 Å². The monoisotopic (exact) mass is 415 g/mol. The Bertz CT molecular complexity index is 1140. The van der Waals surface area contributed by atoms with Crippen LogP contribution in [0.2, 0.25) is 0 Å². The molecule has 1 N–H and O–H groups in total. The lowest BCUT2D eigenvalue weighted by atomic mass is 10.1. The van der Waals surface area contributed by atoms with Crippen LogP contribution in [0.1, 0.15) is 35.9 Å². The lowest BCUT2D eigenvalue weighted by molar-refractivity contribution is -0.116. The van der Waals surface area contributed by atoms with Crippen LogP contribution < -0.4 is 5.32 Å². The molecule has 1 amide bonds. The van der Waals surface area contributed by atoms with Crippen LogP contribution in [0.3, 0.4) is 0 Å². The number of benzene rings is 2. The third-order valence-corrected chi connectivity index (χ3v) is 5.09. The quantitative estimate of drug-likeness (QED) is 0.460. The molecule has 0 atom stereocenters. The van der Waals surface area contributed by atoms with E-state index in [0.717, 1.165) is 17.5 Å². The maximum atomic E-state index is 12.4. The van der Waals surface area contributed by atoms with Crippen molar-refractivity contribution < 1.29 is 9.32 Å². The molecule has 0 radical (unpaired) electrons. The van der Waals surface area contributed by atoms with Gasteiger partial charge in [0.15, 0.2) is 0 Å². The van der Waals surface area contributed by atoms with Crippen molar-refractivity contribution in [3.8, 4) is 11.4 Å². The van der Waals surface area contributed by atoms with Gasteiger partial charge in [0.1, 0.15) is 5.82 Å². The first kappa shape index (κ1) is 20.5. The summed E-state index contributed by atoms with van der Waals surface area (Å²) in [5.74, 6) is 1.51. The molecule has 0 aliphatic rings. The van der Waals surface area contributed by atoms with Crippen molar-refractivity contribution >= 4 is 11.7 Å². The van der Waals surface area contributed by atoms with Crippen molar-refractivity contribution in [3.05, 3.63) is 83.4 Å². The molecule has 7 nitrogen and oxygen atoms in total. The molecular weight excluding hydrogens is 390 g/mol. The van der Waals surface area contributed by atoms with Gasteiger partial charge in [0.25, 0.3) is 0 Å². The second-order valence-corrected chi connectivity index (χ2v) is 7.47. The highest BCUT2D eigenvalue weighted by Gasteiger charge is 2.12. The van der Waals surface area contributed by atoms with Crippen LogP contribution in [0, 0.1) is 6.92 Å². The van der Waals surface area contributed by atoms with E-state index >= 15 is 0 Å². The first-order chi connectivity index (χ1) is 15.1. The third-order valence-electron chi connectivity index (χ3n) is 5.09. The average molecular weight is 415 g/mol. The SMILES string of the molecule is CCc1ccc(Cn2nccc2NC(=O)CCc2nc(-c3ccc(C)cc3)no2)cc1. The Labute approximate surface area is 181 Å². The summed E-state index contributed by atoms with van der Waals surface area (Å²) in [5, 5.41) is 11.3. The Morgan fingerprint density at radius 1 is 1.03 bits per heavy atom. The number of aryl methyl sites for hydroxylation is 3. The van der Waals surface area contributed by atoms with Crippen LogP contribution >= 0.6 is 0 Å². The number of carbonyl (C=O) groups excluding carboxylic acids is 1. The van der Waals surface area contributed by atoms with E-state index in [-0.39, 0.29) is 12.3 Å². The standard InChI is InChI=1S/C24H25N5O2/c1-3-18-6-8-19(9-7-18)16-29-21(14-15-25-29)26-22(30)12-13-23-27-24(28-31-23)20-10-4-17(2)5-11-20/h4-11,14-15H,3,12-13,16H2,1-2H3,(H,26,30). The van der Waals surface area contributed by atoms with E-state index in [1.165, 1.54) is 11.1 Å². The molecule has 0 bridgehead atoms. The average Bonchev–Trinajstić information content (AvgIpc) is 3.43. The number of amides is 1. The van der Waals surface area contributed by atoms with Gasteiger partial charge in [-0.25, -0.2) is 4.68 Å². The van der Waals surface area contributed by atoms with Gasteiger partial charge in [0.05, 0.1) is 12.7 Å². The predicted octanol–water partition coefficient (Wildman–Crippen LogP) is 4.42. The fourth-order valence-corrected chi connectivity index (χ4v) is 3.22. The molecule has 0 spiro atoms. The van der Waals surface area contributed by atoms with Crippen molar-refractivity contribution in [1.29, 1.82) is 0 Å². The van der Waals surface area contributed by atoms with Crippen LogP contribution in [0.15, 0.2) is 65.3 Å². The number of aromatic nitrogens is 4. The molecule has 2 aromatic heterocycles.